The van der Waals surface area contributed by atoms with Crippen LogP contribution in [0.2, 0.25) is 0 Å². The average Bonchev–Trinajstić information content (AvgIpc) is 3.77. The van der Waals surface area contributed by atoms with Crippen LogP contribution in [0.3, 0.4) is 0 Å². The first-order chi connectivity index (χ1) is 20.3. The number of benzene rings is 3. The number of aryl methyl sites for hydroxylation is 1. The Bertz CT molecular complexity index is 1840. The van der Waals surface area contributed by atoms with E-state index in [1.165, 1.54) is 6.07 Å². The number of pyridine rings is 1. The first kappa shape index (κ1) is 27.6. The van der Waals surface area contributed by atoms with Crippen molar-refractivity contribution in [2.24, 2.45) is 0 Å². The quantitative estimate of drug-likeness (QED) is 0.179. The number of rotatable bonds is 9. The van der Waals surface area contributed by atoms with Gasteiger partial charge in [-0.15, -0.1) is 0 Å². The third-order valence-electron chi connectivity index (χ3n) is 7.79. The number of ether oxygens (including phenoxy) is 1. The van der Waals surface area contributed by atoms with Gasteiger partial charge in [0.2, 0.25) is 9.84 Å². The maximum atomic E-state index is 13.1. The number of hydrogen-bond donors (Lipinski definition) is 0. The molecular formula is C34H30N2O5S. The molecule has 1 aliphatic carbocycles. The number of nitrogens with zero attached hydrogens (tertiary/aromatic N) is 2. The molecule has 2 heterocycles. The second-order valence-corrected chi connectivity index (χ2v) is 12.4. The van der Waals surface area contributed by atoms with E-state index < -0.39 is 15.3 Å². The van der Waals surface area contributed by atoms with Crippen molar-refractivity contribution in [1.82, 2.24) is 10.1 Å². The van der Waals surface area contributed by atoms with Crippen molar-refractivity contribution in [3.8, 4) is 22.5 Å². The van der Waals surface area contributed by atoms with Gasteiger partial charge >= 0.3 is 5.97 Å². The van der Waals surface area contributed by atoms with Crippen molar-refractivity contribution >= 4 is 15.8 Å². The van der Waals surface area contributed by atoms with Crippen LogP contribution >= 0.6 is 0 Å². The molecule has 0 aliphatic heterocycles. The molecular weight excluding hydrogens is 548 g/mol. The molecule has 1 aliphatic rings. The molecule has 42 heavy (non-hydrogen) atoms. The fraction of sp³-hybridized carbons (Fsp3) is 0.206. The van der Waals surface area contributed by atoms with Gasteiger partial charge in [-0.2, -0.15) is 0 Å². The van der Waals surface area contributed by atoms with Gasteiger partial charge in [0, 0.05) is 23.2 Å². The molecule has 0 radical (unpaired) electrons. The van der Waals surface area contributed by atoms with Crippen LogP contribution in [0.4, 0.5) is 0 Å². The van der Waals surface area contributed by atoms with Crippen LogP contribution in [0.15, 0.2) is 112 Å². The zero-order valence-corrected chi connectivity index (χ0v) is 24.2. The van der Waals surface area contributed by atoms with Crippen LogP contribution < -0.4 is 0 Å². The van der Waals surface area contributed by atoms with E-state index in [0.29, 0.717) is 24.5 Å². The minimum atomic E-state index is -3.73. The number of carbonyl (C=O) groups excluding carboxylic acids is 1. The lowest BCUT2D eigenvalue weighted by atomic mass is 9.93. The molecule has 0 atom stereocenters. The summed E-state index contributed by atoms with van der Waals surface area (Å²) in [6.45, 7) is 4.08. The van der Waals surface area contributed by atoms with Crippen molar-refractivity contribution in [1.29, 1.82) is 0 Å². The Kier molecular flexibility index (Phi) is 7.24. The maximum absolute atomic E-state index is 13.1. The molecule has 0 saturated heterocycles. The van der Waals surface area contributed by atoms with E-state index in [0.717, 1.165) is 46.4 Å². The molecule has 0 bridgehead atoms. The monoisotopic (exact) mass is 578 g/mol. The molecule has 1 saturated carbocycles. The van der Waals surface area contributed by atoms with Crippen LogP contribution in [0, 0.1) is 6.92 Å². The van der Waals surface area contributed by atoms with Gasteiger partial charge < -0.3 is 9.26 Å². The van der Waals surface area contributed by atoms with Crippen LogP contribution in [-0.2, 0) is 31.2 Å². The minimum Gasteiger partial charge on any atom is -0.465 e. The smallest absolute Gasteiger partial charge is 0.316 e. The molecule has 5 aromatic rings. The summed E-state index contributed by atoms with van der Waals surface area (Å²) in [5.41, 5.74) is 5.62. The fourth-order valence-corrected chi connectivity index (χ4v) is 6.48. The zero-order chi connectivity index (χ0) is 29.3. The minimum absolute atomic E-state index is 0.00657. The van der Waals surface area contributed by atoms with Gasteiger partial charge in [0.25, 0.3) is 0 Å². The van der Waals surface area contributed by atoms with E-state index >= 15 is 0 Å². The van der Waals surface area contributed by atoms with E-state index in [9.17, 15) is 13.2 Å². The zero-order valence-electron chi connectivity index (χ0n) is 23.4. The van der Waals surface area contributed by atoms with E-state index in [2.05, 4.69) is 10.1 Å². The highest BCUT2D eigenvalue weighted by atomic mass is 32.2. The van der Waals surface area contributed by atoms with E-state index in [-0.39, 0.29) is 15.9 Å². The Morgan fingerprint density at radius 3 is 2.14 bits per heavy atom. The molecule has 0 amide bonds. The summed E-state index contributed by atoms with van der Waals surface area (Å²) in [6, 6.07) is 29.4. The summed E-state index contributed by atoms with van der Waals surface area (Å²) >= 11 is 0. The van der Waals surface area contributed by atoms with Crippen LogP contribution in [-0.4, -0.2) is 31.1 Å². The van der Waals surface area contributed by atoms with Gasteiger partial charge in [-0.1, -0.05) is 78.0 Å². The lowest BCUT2D eigenvalue weighted by Gasteiger charge is -2.14. The Hall–Kier alpha value is -4.56. The van der Waals surface area contributed by atoms with Gasteiger partial charge in [-0.05, 0) is 67.6 Å². The summed E-state index contributed by atoms with van der Waals surface area (Å²) < 4.78 is 37.2. The Balaban J connectivity index is 1.22. The first-order valence-electron chi connectivity index (χ1n) is 13.9. The standard InChI is InChI=1S/C34H30N2O5S/c1-3-40-33(37)34(20-21-34)27-18-16-25(17-19-27)24-12-14-26(15-13-24)32-30(23(2)36-41-32)22-28-8-7-11-31(35-28)42(38,39)29-9-5-4-6-10-29/h4-19H,3,20-22H2,1-2H3. The molecule has 0 spiro atoms. The van der Waals surface area contributed by atoms with Gasteiger partial charge in [-0.3, -0.25) is 4.79 Å². The molecule has 7 nitrogen and oxygen atoms in total. The Morgan fingerprint density at radius 2 is 1.50 bits per heavy atom. The summed E-state index contributed by atoms with van der Waals surface area (Å²) in [6.07, 6.45) is 2.01. The highest BCUT2D eigenvalue weighted by Gasteiger charge is 2.52. The first-order valence-corrected chi connectivity index (χ1v) is 15.4. The molecule has 8 heteroatoms. The normalized spacial score (nSPS) is 14.0. The lowest BCUT2D eigenvalue weighted by Crippen LogP contribution is -2.23. The molecule has 1 fully saturated rings. The molecule has 6 rings (SSSR count). The number of aromatic nitrogens is 2. The van der Waals surface area contributed by atoms with E-state index in [1.807, 2.05) is 62.4 Å². The summed E-state index contributed by atoms with van der Waals surface area (Å²) in [5, 5.41) is 4.20. The number of sulfone groups is 1. The number of carbonyl (C=O) groups is 1. The highest BCUT2D eigenvalue weighted by molar-refractivity contribution is 7.91. The molecule has 0 unspecified atom stereocenters. The van der Waals surface area contributed by atoms with Crippen molar-refractivity contribution < 1.29 is 22.5 Å². The van der Waals surface area contributed by atoms with Gasteiger partial charge in [0.05, 0.1) is 22.6 Å². The second kappa shape index (κ2) is 11.0. The number of esters is 1. The van der Waals surface area contributed by atoms with Crippen LogP contribution in [0.1, 0.15) is 42.3 Å². The molecule has 3 aromatic carbocycles. The largest absolute Gasteiger partial charge is 0.465 e. The third-order valence-corrected chi connectivity index (χ3v) is 9.46. The summed E-state index contributed by atoms with van der Waals surface area (Å²) in [4.78, 5) is 17.1. The average molecular weight is 579 g/mol. The van der Waals surface area contributed by atoms with Crippen LogP contribution in [0.25, 0.3) is 22.5 Å². The SMILES string of the molecule is CCOC(=O)C1(c2ccc(-c3ccc(-c4onc(C)c4Cc4cccc(S(=O)(=O)c5ccccc5)n4)cc3)cc2)CC1. The Morgan fingerprint density at radius 1 is 0.857 bits per heavy atom. The van der Waals surface area contributed by atoms with Gasteiger partial charge in [-0.25, -0.2) is 13.4 Å². The molecule has 212 valence electrons. The second-order valence-electron chi connectivity index (χ2n) is 10.5. The van der Waals surface area contributed by atoms with Crippen molar-refractivity contribution in [2.45, 2.75) is 48.4 Å². The predicted octanol–water partition coefficient (Wildman–Crippen LogP) is 6.73. The predicted molar refractivity (Wildman–Crippen MR) is 159 cm³/mol. The maximum Gasteiger partial charge on any atom is 0.316 e. The van der Waals surface area contributed by atoms with Gasteiger partial charge in [0.15, 0.2) is 10.8 Å². The highest BCUT2D eigenvalue weighted by Crippen LogP contribution is 2.49. The van der Waals surface area contributed by atoms with Crippen LogP contribution in [0.5, 0.6) is 0 Å². The summed E-state index contributed by atoms with van der Waals surface area (Å²) in [5.74, 6) is 0.484. The fourth-order valence-electron chi connectivity index (χ4n) is 5.23. The topological polar surface area (TPSA) is 99.4 Å². The summed E-state index contributed by atoms with van der Waals surface area (Å²) in [7, 11) is -3.73. The lowest BCUT2D eigenvalue weighted by molar-refractivity contribution is -0.146. The van der Waals surface area contributed by atoms with Crippen molar-refractivity contribution in [3.63, 3.8) is 0 Å². The van der Waals surface area contributed by atoms with Gasteiger partial charge in [0.1, 0.15) is 0 Å². The van der Waals surface area contributed by atoms with E-state index in [4.69, 9.17) is 9.26 Å². The number of hydrogen-bond acceptors (Lipinski definition) is 7. The molecule has 2 aromatic heterocycles. The Labute approximate surface area is 245 Å². The third kappa shape index (κ3) is 5.14. The van der Waals surface area contributed by atoms with Crippen molar-refractivity contribution in [3.05, 3.63) is 120 Å². The van der Waals surface area contributed by atoms with E-state index in [1.54, 1.807) is 42.5 Å². The molecule has 0 N–H and O–H groups in total. The van der Waals surface area contributed by atoms with Crippen molar-refractivity contribution in [2.75, 3.05) is 6.61 Å².